The van der Waals surface area contributed by atoms with Crippen LogP contribution in [0.1, 0.15) is 32.3 Å². The Hall–Kier alpha value is -2.36. The Morgan fingerprint density at radius 3 is 2.42 bits per heavy atom. The van der Waals surface area contributed by atoms with E-state index in [1.54, 1.807) is 0 Å². The summed E-state index contributed by atoms with van der Waals surface area (Å²) in [6.45, 7) is 5.85. The van der Waals surface area contributed by atoms with Gasteiger partial charge >= 0.3 is 0 Å². The fourth-order valence-corrected chi connectivity index (χ4v) is 3.79. The van der Waals surface area contributed by atoms with E-state index in [0.717, 1.165) is 12.8 Å². The minimum Gasteiger partial charge on any atom is -0.342 e. The summed E-state index contributed by atoms with van der Waals surface area (Å²) in [5.74, 6) is 0.428. The van der Waals surface area contributed by atoms with Crippen molar-refractivity contribution in [3.63, 3.8) is 0 Å². The predicted octanol–water partition coefficient (Wildman–Crippen LogP) is 3.69. The van der Waals surface area contributed by atoms with E-state index < -0.39 is 0 Å². The van der Waals surface area contributed by atoms with Gasteiger partial charge in [-0.05, 0) is 29.2 Å². The highest BCUT2D eigenvalue weighted by molar-refractivity contribution is 5.86. The lowest BCUT2D eigenvalue weighted by molar-refractivity contribution is -0.141. The van der Waals surface area contributed by atoms with Crippen molar-refractivity contribution in [2.24, 2.45) is 11.8 Å². The van der Waals surface area contributed by atoms with Crippen LogP contribution in [0.2, 0.25) is 0 Å². The van der Waals surface area contributed by atoms with Gasteiger partial charge in [0.05, 0.1) is 0 Å². The Morgan fingerprint density at radius 1 is 1.08 bits per heavy atom. The first-order valence-corrected chi connectivity index (χ1v) is 9.47. The molecule has 4 heteroatoms. The number of benzene rings is 2. The summed E-state index contributed by atoms with van der Waals surface area (Å²) in [4.78, 5) is 28.7. The quantitative estimate of drug-likeness (QED) is 0.842. The van der Waals surface area contributed by atoms with Crippen LogP contribution in [0.3, 0.4) is 0 Å². The largest absolute Gasteiger partial charge is 0.342 e. The highest BCUT2D eigenvalue weighted by atomic mass is 16.2. The predicted molar refractivity (Wildman–Crippen MR) is 105 cm³/mol. The lowest BCUT2D eigenvalue weighted by Crippen LogP contribution is -2.44. The molecule has 3 rings (SSSR count). The highest BCUT2D eigenvalue weighted by Crippen LogP contribution is 2.23. The molecule has 0 unspecified atom stereocenters. The monoisotopic (exact) mass is 352 g/mol. The second-order valence-electron chi connectivity index (χ2n) is 7.59. The number of hydrogen-bond donors (Lipinski definition) is 0. The smallest absolute Gasteiger partial charge is 0.225 e. The number of nitrogens with zero attached hydrogens (tertiary/aromatic N) is 2. The molecule has 0 aliphatic carbocycles. The summed E-state index contributed by atoms with van der Waals surface area (Å²) in [6.07, 6.45) is 1.52. The molecule has 0 radical (unpaired) electrons. The second kappa shape index (κ2) is 7.90. The number of hydrogen-bond acceptors (Lipinski definition) is 2. The molecule has 2 aromatic carbocycles. The van der Waals surface area contributed by atoms with Crippen molar-refractivity contribution < 1.29 is 9.59 Å². The normalized spacial score (nSPS) is 15.5. The van der Waals surface area contributed by atoms with Gasteiger partial charge in [0.25, 0.3) is 0 Å². The van der Waals surface area contributed by atoms with E-state index in [1.165, 1.54) is 16.3 Å². The van der Waals surface area contributed by atoms with Crippen LogP contribution in [0.25, 0.3) is 10.8 Å². The van der Waals surface area contributed by atoms with Crippen molar-refractivity contribution in [2.45, 2.75) is 33.2 Å². The molecule has 0 saturated carbocycles. The van der Waals surface area contributed by atoms with Crippen LogP contribution in [0.15, 0.2) is 42.5 Å². The molecule has 1 heterocycles. The van der Waals surface area contributed by atoms with Gasteiger partial charge in [0.1, 0.15) is 0 Å². The Bertz CT molecular complexity index is 786. The van der Waals surface area contributed by atoms with E-state index in [0.29, 0.717) is 19.6 Å². The van der Waals surface area contributed by atoms with Gasteiger partial charge in [-0.3, -0.25) is 9.59 Å². The fourth-order valence-electron chi connectivity index (χ4n) is 3.79. The van der Waals surface area contributed by atoms with E-state index in [4.69, 9.17) is 0 Å². The summed E-state index contributed by atoms with van der Waals surface area (Å²) in [5, 5.41) is 2.40. The van der Waals surface area contributed by atoms with Gasteiger partial charge < -0.3 is 9.80 Å². The first kappa shape index (κ1) is 18.4. The Morgan fingerprint density at radius 2 is 1.73 bits per heavy atom. The Kier molecular flexibility index (Phi) is 5.60. The molecule has 138 valence electrons. The highest BCUT2D eigenvalue weighted by Gasteiger charge is 2.29. The fraction of sp³-hybridized carbons (Fsp3) is 0.455. The zero-order chi connectivity index (χ0) is 18.7. The summed E-state index contributed by atoms with van der Waals surface area (Å²) in [6, 6.07) is 14.5. The molecule has 1 saturated heterocycles. The molecule has 1 aliphatic rings. The van der Waals surface area contributed by atoms with Gasteiger partial charge in [-0.2, -0.15) is 0 Å². The number of piperidine rings is 1. The summed E-state index contributed by atoms with van der Waals surface area (Å²) in [5.41, 5.74) is 1.17. The van der Waals surface area contributed by atoms with Gasteiger partial charge in [-0.15, -0.1) is 0 Å². The van der Waals surface area contributed by atoms with Crippen LogP contribution in [0.5, 0.6) is 0 Å². The second-order valence-corrected chi connectivity index (χ2v) is 7.59. The minimum absolute atomic E-state index is 0.0196. The zero-order valence-electron chi connectivity index (χ0n) is 15.9. The summed E-state index contributed by atoms with van der Waals surface area (Å²) >= 11 is 0. The number of carbonyl (C=O) groups is 2. The van der Waals surface area contributed by atoms with Crippen LogP contribution in [-0.4, -0.2) is 41.8 Å². The number of fused-ring (bicyclic) bond motifs is 1. The van der Waals surface area contributed by atoms with Crippen molar-refractivity contribution in [3.05, 3.63) is 48.0 Å². The molecule has 0 aromatic heterocycles. The van der Waals surface area contributed by atoms with Gasteiger partial charge in [-0.25, -0.2) is 0 Å². The van der Waals surface area contributed by atoms with Crippen LogP contribution in [0, 0.1) is 11.8 Å². The average molecular weight is 352 g/mol. The maximum absolute atomic E-state index is 12.9. The minimum atomic E-state index is 0.0196. The van der Waals surface area contributed by atoms with Gasteiger partial charge in [-0.1, -0.05) is 56.3 Å². The zero-order valence-corrected chi connectivity index (χ0v) is 15.9. The van der Waals surface area contributed by atoms with Crippen LogP contribution in [-0.2, 0) is 16.1 Å². The summed E-state index contributed by atoms with van der Waals surface area (Å²) in [7, 11) is 1.88. The van der Waals surface area contributed by atoms with Crippen molar-refractivity contribution in [1.82, 2.24) is 9.80 Å². The molecule has 0 bridgehead atoms. The standard InChI is InChI=1S/C22H28N2O2/c1-16(2)21(25)24-13-11-18(12-14-24)22(26)23(3)15-19-9-6-8-17-7-4-5-10-20(17)19/h4-10,16,18H,11-15H2,1-3H3. The molecule has 0 N–H and O–H groups in total. The number of amides is 2. The third kappa shape index (κ3) is 3.90. The first-order valence-electron chi connectivity index (χ1n) is 9.47. The lowest BCUT2D eigenvalue weighted by atomic mass is 9.94. The molecule has 2 amide bonds. The van der Waals surface area contributed by atoms with E-state index >= 15 is 0 Å². The van der Waals surface area contributed by atoms with Gasteiger partial charge in [0, 0.05) is 38.5 Å². The maximum atomic E-state index is 12.9. The van der Waals surface area contributed by atoms with Crippen molar-refractivity contribution >= 4 is 22.6 Å². The molecule has 1 fully saturated rings. The topological polar surface area (TPSA) is 40.6 Å². The number of likely N-dealkylation sites (tertiary alicyclic amines) is 1. The lowest BCUT2D eigenvalue weighted by Gasteiger charge is -2.34. The summed E-state index contributed by atoms with van der Waals surface area (Å²) < 4.78 is 0. The number of rotatable bonds is 4. The number of carbonyl (C=O) groups excluding carboxylic acids is 2. The van der Waals surface area contributed by atoms with E-state index in [1.807, 2.05) is 48.9 Å². The third-order valence-electron chi connectivity index (χ3n) is 5.31. The molecular formula is C22H28N2O2. The Balaban J connectivity index is 1.63. The van der Waals surface area contributed by atoms with Gasteiger partial charge in [0.15, 0.2) is 0 Å². The van der Waals surface area contributed by atoms with E-state index in [-0.39, 0.29) is 23.7 Å². The molecule has 26 heavy (non-hydrogen) atoms. The SMILES string of the molecule is CC(C)C(=O)N1CCC(C(=O)N(C)Cc2cccc3ccccc23)CC1. The molecule has 0 spiro atoms. The van der Waals surface area contributed by atoms with Crippen molar-refractivity contribution in [2.75, 3.05) is 20.1 Å². The molecule has 1 aliphatic heterocycles. The molecule has 0 atom stereocenters. The first-order chi connectivity index (χ1) is 12.5. The maximum Gasteiger partial charge on any atom is 0.225 e. The van der Waals surface area contributed by atoms with Crippen molar-refractivity contribution in [1.29, 1.82) is 0 Å². The van der Waals surface area contributed by atoms with Crippen molar-refractivity contribution in [3.8, 4) is 0 Å². The average Bonchev–Trinajstić information content (AvgIpc) is 2.67. The molecule has 2 aromatic rings. The van der Waals surface area contributed by atoms with Crippen LogP contribution in [0.4, 0.5) is 0 Å². The van der Waals surface area contributed by atoms with Crippen LogP contribution < -0.4 is 0 Å². The van der Waals surface area contributed by atoms with E-state index in [9.17, 15) is 9.59 Å². The Labute approximate surface area is 155 Å². The van der Waals surface area contributed by atoms with Crippen LogP contribution >= 0.6 is 0 Å². The molecular weight excluding hydrogens is 324 g/mol. The third-order valence-corrected chi connectivity index (χ3v) is 5.31. The molecule has 4 nitrogen and oxygen atoms in total. The van der Waals surface area contributed by atoms with E-state index in [2.05, 4.69) is 24.3 Å². The van der Waals surface area contributed by atoms with Gasteiger partial charge in [0.2, 0.25) is 11.8 Å².